The highest BCUT2D eigenvalue weighted by Crippen LogP contribution is 2.40. The summed E-state index contributed by atoms with van der Waals surface area (Å²) in [5, 5.41) is 22.6. The number of rotatable bonds is 6. The molecule has 0 saturated heterocycles. The third-order valence-electron chi connectivity index (χ3n) is 4.06. The lowest BCUT2D eigenvalue weighted by atomic mass is 9.69. The van der Waals surface area contributed by atoms with Crippen LogP contribution in [-0.2, 0) is 4.79 Å². The Kier molecular flexibility index (Phi) is 4.48. The lowest BCUT2D eigenvalue weighted by molar-refractivity contribution is -0.385. The molecule has 1 aromatic rings. The van der Waals surface area contributed by atoms with Crippen LogP contribution in [0, 0.1) is 21.3 Å². The molecule has 1 fully saturated rings. The third kappa shape index (κ3) is 3.08. The van der Waals surface area contributed by atoms with Crippen LogP contribution in [-0.4, -0.2) is 35.6 Å². The van der Waals surface area contributed by atoms with Gasteiger partial charge in [0.1, 0.15) is 5.56 Å². The molecule has 124 valence electrons. The average Bonchev–Trinajstić information content (AvgIpc) is 2.44. The number of hydrogen-bond acceptors (Lipinski definition) is 5. The van der Waals surface area contributed by atoms with Crippen LogP contribution in [0.1, 0.15) is 29.6 Å². The van der Waals surface area contributed by atoms with Crippen molar-refractivity contribution in [2.45, 2.75) is 19.3 Å². The van der Waals surface area contributed by atoms with Crippen molar-refractivity contribution >= 4 is 17.6 Å². The second-order valence-corrected chi connectivity index (χ2v) is 5.38. The maximum Gasteiger partial charge on any atom is 0.311 e. The zero-order valence-electron chi connectivity index (χ0n) is 12.3. The van der Waals surface area contributed by atoms with Gasteiger partial charge < -0.3 is 15.2 Å². The third-order valence-corrected chi connectivity index (χ3v) is 4.06. The number of nitro groups is 1. The van der Waals surface area contributed by atoms with E-state index >= 15 is 0 Å². The Balaban J connectivity index is 2.24. The van der Waals surface area contributed by atoms with Crippen LogP contribution in [0.4, 0.5) is 10.1 Å². The Bertz CT molecular complexity index is 671. The van der Waals surface area contributed by atoms with Gasteiger partial charge >= 0.3 is 5.97 Å². The highest BCUT2D eigenvalue weighted by molar-refractivity contribution is 5.99. The van der Waals surface area contributed by atoms with Crippen molar-refractivity contribution in [3.8, 4) is 5.75 Å². The predicted octanol–water partition coefficient (Wildman–Crippen LogP) is 1.73. The van der Waals surface area contributed by atoms with Crippen molar-refractivity contribution in [3.05, 3.63) is 33.6 Å². The van der Waals surface area contributed by atoms with Gasteiger partial charge in [0.25, 0.3) is 11.6 Å². The Morgan fingerprint density at radius 3 is 2.57 bits per heavy atom. The molecule has 0 heterocycles. The van der Waals surface area contributed by atoms with E-state index in [-0.39, 0.29) is 17.9 Å². The fraction of sp³-hybridized carbons (Fsp3) is 0.429. The topological polar surface area (TPSA) is 119 Å². The van der Waals surface area contributed by atoms with Gasteiger partial charge in [-0.25, -0.2) is 4.39 Å². The highest BCUT2D eigenvalue weighted by Gasteiger charge is 2.44. The van der Waals surface area contributed by atoms with E-state index in [1.807, 2.05) is 0 Å². The molecule has 0 aliphatic heterocycles. The molecular formula is C14H15FN2O6. The Morgan fingerprint density at radius 1 is 1.48 bits per heavy atom. The zero-order chi connectivity index (χ0) is 17.2. The molecule has 9 heteroatoms. The summed E-state index contributed by atoms with van der Waals surface area (Å²) in [5.74, 6) is -3.13. The molecular weight excluding hydrogens is 311 g/mol. The van der Waals surface area contributed by atoms with Gasteiger partial charge in [0, 0.05) is 12.6 Å². The summed E-state index contributed by atoms with van der Waals surface area (Å²) in [6, 6.07) is 1.53. The number of methoxy groups -OCH3 is 1. The molecule has 1 amide bonds. The summed E-state index contributed by atoms with van der Waals surface area (Å²) in [6.45, 7) is -0.141. The van der Waals surface area contributed by atoms with Crippen LogP contribution in [0.2, 0.25) is 0 Å². The maximum absolute atomic E-state index is 13.6. The molecule has 2 N–H and O–H groups in total. The quantitative estimate of drug-likeness (QED) is 0.607. The summed E-state index contributed by atoms with van der Waals surface area (Å²) >= 11 is 0. The van der Waals surface area contributed by atoms with E-state index in [0.29, 0.717) is 18.9 Å². The number of hydrogen-bond donors (Lipinski definition) is 2. The molecule has 8 nitrogen and oxygen atoms in total. The van der Waals surface area contributed by atoms with Crippen LogP contribution >= 0.6 is 0 Å². The summed E-state index contributed by atoms with van der Waals surface area (Å²) in [6.07, 6.45) is 1.60. The van der Waals surface area contributed by atoms with Crippen LogP contribution in [0.3, 0.4) is 0 Å². The second-order valence-electron chi connectivity index (χ2n) is 5.38. The minimum Gasteiger partial charge on any atom is -0.494 e. The molecule has 1 aliphatic rings. The maximum atomic E-state index is 13.6. The monoisotopic (exact) mass is 326 g/mol. The number of amides is 1. The molecule has 0 bridgehead atoms. The van der Waals surface area contributed by atoms with Gasteiger partial charge in [0.2, 0.25) is 0 Å². The number of carboxylic acids is 1. The van der Waals surface area contributed by atoms with E-state index in [0.717, 1.165) is 12.5 Å². The number of carbonyl (C=O) groups is 2. The number of ether oxygens (including phenoxy) is 1. The fourth-order valence-electron chi connectivity index (χ4n) is 2.45. The number of carboxylic acid groups (broad SMARTS) is 1. The van der Waals surface area contributed by atoms with Crippen LogP contribution in [0.5, 0.6) is 5.75 Å². The fourth-order valence-corrected chi connectivity index (χ4v) is 2.45. The number of aliphatic carboxylic acids is 1. The van der Waals surface area contributed by atoms with Gasteiger partial charge in [0.15, 0.2) is 11.6 Å². The minimum absolute atomic E-state index is 0.141. The van der Waals surface area contributed by atoms with E-state index in [4.69, 9.17) is 4.74 Å². The van der Waals surface area contributed by atoms with Crippen molar-refractivity contribution in [1.82, 2.24) is 5.32 Å². The minimum atomic E-state index is -1.03. The number of nitrogens with zero attached hydrogens (tertiary/aromatic N) is 1. The SMILES string of the molecule is COc1cc(C(=O)NCC2(C(=O)O)CCC2)c([N+](=O)[O-])cc1F. The van der Waals surface area contributed by atoms with Gasteiger partial charge in [-0.1, -0.05) is 6.42 Å². The van der Waals surface area contributed by atoms with E-state index < -0.39 is 33.7 Å². The first-order valence-electron chi connectivity index (χ1n) is 6.84. The first kappa shape index (κ1) is 16.7. The Morgan fingerprint density at radius 2 is 2.13 bits per heavy atom. The smallest absolute Gasteiger partial charge is 0.311 e. The molecule has 0 atom stereocenters. The predicted molar refractivity (Wildman–Crippen MR) is 75.9 cm³/mol. The number of nitrogens with one attached hydrogen (secondary N) is 1. The van der Waals surface area contributed by atoms with Crippen LogP contribution < -0.4 is 10.1 Å². The standard InChI is InChI=1S/C14H15FN2O6/c1-23-11-5-8(10(17(21)22)6-9(11)15)12(18)16-7-14(13(19)20)3-2-4-14/h5-6H,2-4,7H2,1H3,(H,16,18)(H,19,20). The van der Waals surface area contributed by atoms with Crippen LogP contribution in [0.25, 0.3) is 0 Å². The Hall–Kier alpha value is -2.71. The molecule has 23 heavy (non-hydrogen) atoms. The molecule has 1 aromatic carbocycles. The summed E-state index contributed by atoms with van der Waals surface area (Å²) in [7, 11) is 1.17. The number of benzene rings is 1. The molecule has 0 spiro atoms. The highest BCUT2D eigenvalue weighted by atomic mass is 19.1. The lowest BCUT2D eigenvalue weighted by Crippen LogP contribution is -2.47. The van der Waals surface area contributed by atoms with E-state index in [1.165, 1.54) is 7.11 Å². The number of carbonyl (C=O) groups excluding carboxylic acids is 1. The summed E-state index contributed by atoms with van der Waals surface area (Å²) in [5.41, 5.74) is -2.12. The van der Waals surface area contributed by atoms with Gasteiger partial charge in [-0.2, -0.15) is 0 Å². The van der Waals surface area contributed by atoms with E-state index in [2.05, 4.69) is 5.32 Å². The van der Waals surface area contributed by atoms with Crippen molar-refractivity contribution in [2.75, 3.05) is 13.7 Å². The van der Waals surface area contributed by atoms with Crippen molar-refractivity contribution in [3.63, 3.8) is 0 Å². The van der Waals surface area contributed by atoms with E-state index in [9.17, 15) is 29.2 Å². The normalized spacial score (nSPS) is 15.4. The van der Waals surface area contributed by atoms with Crippen molar-refractivity contribution < 1.29 is 28.7 Å². The molecule has 2 rings (SSSR count). The molecule has 1 aliphatic carbocycles. The first-order valence-corrected chi connectivity index (χ1v) is 6.84. The lowest BCUT2D eigenvalue weighted by Gasteiger charge is -2.37. The average molecular weight is 326 g/mol. The number of halogens is 1. The number of nitro benzene ring substituents is 1. The van der Waals surface area contributed by atoms with E-state index in [1.54, 1.807) is 0 Å². The van der Waals surface area contributed by atoms with Crippen molar-refractivity contribution in [2.24, 2.45) is 5.41 Å². The largest absolute Gasteiger partial charge is 0.494 e. The van der Waals surface area contributed by atoms with Crippen LogP contribution in [0.15, 0.2) is 12.1 Å². The summed E-state index contributed by atoms with van der Waals surface area (Å²) in [4.78, 5) is 33.5. The summed E-state index contributed by atoms with van der Waals surface area (Å²) < 4.78 is 18.3. The van der Waals surface area contributed by atoms with Gasteiger partial charge in [-0.3, -0.25) is 19.7 Å². The Labute approximate surface area is 130 Å². The first-order chi connectivity index (χ1) is 10.8. The second kappa shape index (κ2) is 6.19. The zero-order valence-corrected chi connectivity index (χ0v) is 12.3. The van der Waals surface area contributed by atoms with Crippen molar-refractivity contribution in [1.29, 1.82) is 0 Å². The molecule has 0 unspecified atom stereocenters. The molecule has 0 radical (unpaired) electrons. The van der Waals surface area contributed by atoms with Gasteiger partial charge in [0.05, 0.1) is 23.5 Å². The van der Waals surface area contributed by atoms with Gasteiger partial charge in [-0.05, 0) is 12.8 Å². The molecule has 0 aromatic heterocycles. The molecule has 1 saturated carbocycles. The van der Waals surface area contributed by atoms with Gasteiger partial charge in [-0.15, -0.1) is 0 Å².